The Morgan fingerprint density at radius 3 is 2.62 bits per heavy atom. The van der Waals surface area contributed by atoms with E-state index in [1.165, 1.54) is 19.3 Å². The van der Waals surface area contributed by atoms with Crippen molar-refractivity contribution in [3.8, 4) is 0 Å². The van der Waals surface area contributed by atoms with Crippen LogP contribution in [0.1, 0.15) is 49.1 Å². The van der Waals surface area contributed by atoms with Crippen LogP contribution in [-0.2, 0) is 11.2 Å². The van der Waals surface area contributed by atoms with Crippen LogP contribution < -0.4 is 10.6 Å². The van der Waals surface area contributed by atoms with Crippen LogP contribution in [0.4, 0.5) is 10.1 Å². The van der Waals surface area contributed by atoms with E-state index < -0.39 is 0 Å². The summed E-state index contributed by atoms with van der Waals surface area (Å²) < 4.78 is 14.2. The molecule has 1 N–H and O–H groups in total. The van der Waals surface area contributed by atoms with E-state index >= 15 is 0 Å². The van der Waals surface area contributed by atoms with Crippen LogP contribution in [0.5, 0.6) is 0 Å². The monoisotopic (exact) mass is 353 g/mol. The Kier molecular flexibility index (Phi) is 6.64. The topological polar surface area (TPSA) is 43.2 Å². The quantitative estimate of drug-likeness (QED) is 0.736. The maximum atomic E-state index is 14.2. The minimum atomic E-state index is -0.111. The molecule has 0 heterocycles. The zero-order valence-electron chi connectivity index (χ0n) is 15.1. The van der Waals surface area contributed by atoms with Crippen LogP contribution in [0.15, 0.2) is 48.5 Å². The van der Waals surface area contributed by atoms with Crippen LogP contribution >= 0.6 is 0 Å². The molecule has 1 amide bonds. The van der Waals surface area contributed by atoms with Gasteiger partial charge in [0.2, 0.25) is 5.91 Å². The SMILES string of the molecule is O=C(Cc1ccccc1)[N]CCNc1ccc(F)c(C2CCCCC2)c1. The third-order valence-corrected chi connectivity index (χ3v) is 4.97. The Balaban J connectivity index is 1.45. The van der Waals surface area contributed by atoms with Crippen molar-refractivity contribution in [1.82, 2.24) is 5.32 Å². The van der Waals surface area contributed by atoms with Crippen molar-refractivity contribution in [1.29, 1.82) is 0 Å². The summed E-state index contributed by atoms with van der Waals surface area (Å²) in [5.74, 6) is 0.118. The highest BCUT2D eigenvalue weighted by atomic mass is 19.1. The molecule has 137 valence electrons. The average Bonchev–Trinajstić information content (AvgIpc) is 2.68. The largest absolute Gasteiger partial charge is 0.383 e. The third-order valence-electron chi connectivity index (χ3n) is 4.97. The Labute approximate surface area is 155 Å². The van der Waals surface area contributed by atoms with E-state index in [4.69, 9.17) is 0 Å². The molecule has 0 saturated heterocycles. The van der Waals surface area contributed by atoms with Crippen molar-refractivity contribution < 1.29 is 9.18 Å². The number of hydrogen-bond acceptors (Lipinski definition) is 2. The fourth-order valence-electron chi connectivity index (χ4n) is 3.59. The summed E-state index contributed by atoms with van der Waals surface area (Å²) in [5, 5.41) is 7.35. The first-order chi connectivity index (χ1) is 12.7. The Morgan fingerprint density at radius 1 is 1.08 bits per heavy atom. The van der Waals surface area contributed by atoms with Gasteiger partial charge in [0.15, 0.2) is 0 Å². The highest BCUT2D eigenvalue weighted by Gasteiger charge is 2.19. The van der Waals surface area contributed by atoms with E-state index in [0.717, 1.165) is 29.7 Å². The highest BCUT2D eigenvalue weighted by Crippen LogP contribution is 2.35. The Morgan fingerprint density at radius 2 is 1.85 bits per heavy atom. The number of carbonyl (C=O) groups is 1. The minimum Gasteiger partial charge on any atom is -0.383 e. The number of hydrogen-bond donors (Lipinski definition) is 1. The zero-order chi connectivity index (χ0) is 18.2. The van der Waals surface area contributed by atoms with Gasteiger partial charge in [0, 0.05) is 12.2 Å². The standard InChI is InChI=1S/C22H26FN2O/c23-21-12-11-19(16-20(21)18-9-5-2-6-10-18)24-13-14-25-22(26)15-17-7-3-1-4-8-17/h1,3-4,7-8,11-12,16,18,24H,2,5-6,9-10,13-15H2. The highest BCUT2D eigenvalue weighted by molar-refractivity contribution is 5.78. The molecule has 0 bridgehead atoms. The average molecular weight is 353 g/mol. The molecule has 26 heavy (non-hydrogen) atoms. The summed E-state index contributed by atoms with van der Waals surface area (Å²) in [6.07, 6.45) is 6.11. The van der Waals surface area contributed by atoms with E-state index in [0.29, 0.717) is 25.4 Å². The van der Waals surface area contributed by atoms with Gasteiger partial charge in [-0.05, 0) is 48.1 Å². The molecule has 0 unspecified atom stereocenters. The molecule has 1 aliphatic carbocycles. The summed E-state index contributed by atoms with van der Waals surface area (Å²) >= 11 is 0. The minimum absolute atomic E-state index is 0.106. The van der Waals surface area contributed by atoms with E-state index in [1.54, 1.807) is 12.1 Å². The first kappa shape index (κ1) is 18.4. The molecule has 1 aliphatic rings. The molecule has 1 saturated carbocycles. The van der Waals surface area contributed by atoms with Gasteiger partial charge in [0.1, 0.15) is 5.82 Å². The zero-order valence-corrected chi connectivity index (χ0v) is 15.1. The molecule has 1 radical (unpaired) electrons. The van der Waals surface area contributed by atoms with Gasteiger partial charge < -0.3 is 5.32 Å². The van der Waals surface area contributed by atoms with Crippen molar-refractivity contribution in [2.75, 3.05) is 18.4 Å². The molecule has 0 spiro atoms. The number of amides is 1. The van der Waals surface area contributed by atoms with Crippen molar-refractivity contribution >= 4 is 11.6 Å². The number of rotatable bonds is 7. The molecule has 0 aromatic heterocycles. The Bertz CT molecular complexity index is 711. The molecule has 1 fully saturated rings. The van der Waals surface area contributed by atoms with Crippen LogP contribution in [0, 0.1) is 5.82 Å². The molecule has 0 aliphatic heterocycles. The lowest BCUT2D eigenvalue weighted by molar-refractivity contribution is -0.120. The van der Waals surface area contributed by atoms with Gasteiger partial charge in [0.25, 0.3) is 0 Å². The summed E-state index contributed by atoms with van der Waals surface area (Å²) in [7, 11) is 0. The predicted octanol–water partition coefficient (Wildman–Crippen LogP) is 4.66. The normalized spacial score (nSPS) is 14.8. The molecule has 2 aromatic rings. The lowest BCUT2D eigenvalue weighted by Crippen LogP contribution is -2.23. The fourth-order valence-corrected chi connectivity index (χ4v) is 3.59. The van der Waals surface area contributed by atoms with Crippen LogP contribution in [0.3, 0.4) is 0 Å². The smallest absolute Gasteiger partial charge is 0.245 e. The van der Waals surface area contributed by atoms with E-state index in [9.17, 15) is 9.18 Å². The summed E-state index contributed by atoms with van der Waals surface area (Å²) in [5.41, 5.74) is 2.70. The molecular formula is C22H26FN2O. The summed E-state index contributed by atoms with van der Waals surface area (Å²) in [4.78, 5) is 11.9. The lowest BCUT2D eigenvalue weighted by Gasteiger charge is -2.23. The number of nitrogens with zero attached hydrogens (tertiary/aromatic N) is 1. The van der Waals surface area contributed by atoms with Crippen molar-refractivity contribution in [3.63, 3.8) is 0 Å². The van der Waals surface area contributed by atoms with Gasteiger partial charge in [0.05, 0.1) is 13.0 Å². The van der Waals surface area contributed by atoms with Gasteiger partial charge in [-0.1, -0.05) is 49.6 Å². The number of anilines is 1. The van der Waals surface area contributed by atoms with Gasteiger partial charge >= 0.3 is 0 Å². The number of nitrogens with one attached hydrogen (secondary N) is 1. The molecular weight excluding hydrogens is 327 g/mol. The van der Waals surface area contributed by atoms with Crippen molar-refractivity contribution in [3.05, 3.63) is 65.5 Å². The van der Waals surface area contributed by atoms with Gasteiger partial charge in [-0.2, -0.15) is 0 Å². The third kappa shape index (κ3) is 5.32. The second kappa shape index (κ2) is 9.37. The van der Waals surface area contributed by atoms with Gasteiger partial charge in [-0.3, -0.25) is 4.79 Å². The molecule has 0 atom stereocenters. The molecule has 2 aromatic carbocycles. The second-order valence-corrected chi connectivity index (χ2v) is 6.94. The number of benzene rings is 2. The maximum absolute atomic E-state index is 14.2. The van der Waals surface area contributed by atoms with E-state index in [-0.39, 0.29) is 11.7 Å². The fraction of sp³-hybridized carbons (Fsp3) is 0.409. The predicted molar refractivity (Wildman–Crippen MR) is 103 cm³/mol. The van der Waals surface area contributed by atoms with Crippen LogP contribution in [0.25, 0.3) is 0 Å². The number of carbonyl (C=O) groups excluding carboxylic acids is 1. The van der Waals surface area contributed by atoms with Gasteiger partial charge in [-0.25, -0.2) is 9.71 Å². The first-order valence-electron chi connectivity index (χ1n) is 9.50. The first-order valence-corrected chi connectivity index (χ1v) is 9.50. The number of halogens is 1. The van der Waals surface area contributed by atoms with E-state index in [2.05, 4.69) is 10.6 Å². The van der Waals surface area contributed by atoms with E-state index in [1.807, 2.05) is 36.4 Å². The lowest BCUT2D eigenvalue weighted by atomic mass is 9.84. The molecule has 3 rings (SSSR count). The molecule has 4 heteroatoms. The maximum Gasteiger partial charge on any atom is 0.245 e. The van der Waals surface area contributed by atoms with Crippen LogP contribution in [0.2, 0.25) is 0 Å². The van der Waals surface area contributed by atoms with Crippen molar-refractivity contribution in [2.45, 2.75) is 44.4 Å². The van der Waals surface area contributed by atoms with Crippen LogP contribution in [-0.4, -0.2) is 19.0 Å². The second-order valence-electron chi connectivity index (χ2n) is 6.94. The summed E-state index contributed by atoms with van der Waals surface area (Å²) in [6, 6.07) is 14.9. The van der Waals surface area contributed by atoms with Gasteiger partial charge in [-0.15, -0.1) is 0 Å². The van der Waals surface area contributed by atoms with Crippen molar-refractivity contribution in [2.24, 2.45) is 0 Å². The molecule has 3 nitrogen and oxygen atoms in total. The summed E-state index contributed by atoms with van der Waals surface area (Å²) in [6.45, 7) is 0.984. The Hall–Kier alpha value is -2.36.